The molecule has 24 heavy (non-hydrogen) atoms. The predicted molar refractivity (Wildman–Crippen MR) is 91.2 cm³/mol. The summed E-state index contributed by atoms with van der Waals surface area (Å²) in [6, 6.07) is 15.5. The number of benzene rings is 1. The Kier molecular flexibility index (Phi) is 3.83. The molecule has 0 spiro atoms. The minimum atomic E-state index is -0.134. The van der Waals surface area contributed by atoms with E-state index in [1.807, 2.05) is 48.7 Å². The van der Waals surface area contributed by atoms with Crippen LogP contribution in [0.25, 0.3) is 11.3 Å². The molecule has 0 bridgehead atoms. The minimum Gasteiger partial charge on any atom is -0.344 e. The van der Waals surface area contributed by atoms with E-state index in [1.165, 1.54) is 0 Å². The molecular weight excluding hydrogens is 300 g/mol. The van der Waals surface area contributed by atoms with Crippen molar-refractivity contribution < 1.29 is 4.79 Å². The normalized spacial score (nSPS) is 15.0. The molecule has 1 aliphatic rings. The zero-order valence-electron chi connectivity index (χ0n) is 13.1. The van der Waals surface area contributed by atoms with Crippen LogP contribution in [-0.4, -0.2) is 21.1 Å². The first-order valence-corrected chi connectivity index (χ1v) is 8.13. The van der Waals surface area contributed by atoms with Gasteiger partial charge in [-0.25, -0.2) is 0 Å². The highest BCUT2D eigenvalue weighted by molar-refractivity contribution is 5.93. The highest BCUT2D eigenvalue weighted by Crippen LogP contribution is 2.40. The maximum absolute atomic E-state index is 12.6. The molecule has 1 saturated carbocycles. The van der Waals surface area contributed by atoms with Gasteiger partial charge in [0.15, 0.2) is 0 Å². The molecule has 2 heterocycles. The molecule has 1 atom stereocenters. The number of aromatic nitrogens is 3. The van der Waals surface area contributed by atoms with Gasteiger partial charge in [0.05, 0.1) is 11.7 Å². The molecule has 1 fully saturated rings. The SMILES string of the molecule is O=C(NC(c1cccnc1)C1CC1)c1cc(-c2ccccc2)n[nH]1. The fraction of sp³-hybridized carbons (Fsp3) is 0.211. The van der Waals surface area contributed by atoms with Gasteiger partial charge in [-0.1, -0.05) is 36.4 Å². The van der Waals surface area contributed by atoms with Crippen LogP contribution in [0, 0.1) is 5.92 Å². The first-order chi connectivity index (χ1) is 11.8. The number of H-pyrrole nitrogens is 1. The third-order valence-electron chi connectivity index (χ3n) is 4.32. The van der Waals surface area contributed by atoms with E-state index in [9.17, 15) is 4.79 Å². The molecule has 2 aromatic heterocycles. The van der Waals surface area contributed by atoms with E-state index >= 15 is 0 Å². The molecule has 120 valence electrons. The summed E-state index contributed by atoms with van der Waals surface area (Å²) in [5.41, 5.74) is 3.28. The molecule has 0 saturated heterocycles. The zero-order chi connectivity index (χ0) is 16.4. The molecule has 0 aliphatic heterocycles. The number of nitrogens with zero attached hydrogens (tertiary/aromatic N) is 2. The van der Waals surface area contributed by atoms with Crippen molar-refractivity contribution in [3.8, 4) is 11.3 Å². The van der Waals surface area contributed by atoms with Crippen molar-refractivity contribution in [2.75, 3.05) is 0 Å². The van der Waals surface area contributed by atoms with Gasteiger partial charge < -0.3 is 5.32 Å². The van der Waals surface area contributed by atoms with Gasteiger partial charge in [-0.15, -0.1) is 0 Å². The number of hydrogen-bond donors (Lipinski definition) is 2. The molecule has 0 radical (unpaired) electrons. The maximum atomic E-state index is 12.6. The highest BCUT2D eigenvalue weighted by atomic mass is 16.2. The van der Waals surface area contributed by atoms with Crippen molar-refractivity contribution >= 4 is 5.91 Å². The lowest BCUT2D eigenvalue weighted by atomic mass is 10.0. The maximum Gasteiger partial charge on any atom is 0.269 e. The Bertz CT molecular complexity index is 825. The van der Waals surface area contributed by atoms with E-state index < -0.39 is 0 Å². The van der Waals surface area contributed by atoms with E-state index in [-0.39, 0.29) is 11.9 Å². The standard InChI is InChI=1S/C19H18N4O/c24-19(17-11-16(22-23-17)13-5-2-1-3-6-13)21-18(14-8-9-14)15-7-4-10-20-12-15/h1-7,10-12,14,18H,8-9H2,(H,21,24)(H,22,23). The number of nitrogens with one attached hydrogen (secondary N) is 2. The molecule has 1 amide bonds. The number of rotatable bonds is 5. The van der Waals surface area contributed by atoms with Crippen LogP contribution < -0.4 is 5.32 Å². The summed E-state index contributed by atoms with van der Waals surface area (Å²) >= 11 is 0. The fourth-order valence-corrected chi connectivity index (χ4v) is 2.88. The predicted octanol–water partition coefficient (Wildman–Crippen LogP) is 3.35. The Labute approximate surface area is 140 Å². The topological polar surface area (TPSA) is 70.7 Å². The second-order valence-electron chi connectivity index (χ2n) is 6.11. The van der Waals surface area contributed by atoms with Gasteiger partial charge >= 0.3 is 0 Å². The van der Waals surface area contributed by atoms with Gasteiger partial charge in [0.2, 0.25) is 0 Å². The Hall–Kier alpha value is -2.95. The summed E-state index contributed by atoms with van der Waals surface area (Å²) in [6.45, 7) is 0. The van der Waals surface area contributed by atoms with Gasteiger partial charge in [0.1, 0.15) is 5.69 Å². The molecule has 2 N–H and O–H groups in total. The Morgan fingerprint density at radius 1 is 1.17 bits per heavy atom. The van der Waals surface area contributed by atoms with Crippen molar-refractivity contribution in [1.82, 2.24) is 20.5 Å². The molecule has 1 aliphatic carbocycles. The van der Waals surface area contributed by atoms with E-state index in [4.69, 9.17) is 0 Å². The van der Waals surface area contributed by atoms with Gasteiger partial charge in [0, 0.05) is 18.0 Å². The van der Waals surface area contributed by atoms with Crippen LogP contribution in [0.4, 0.5) is 0 Å². The molecule has 4 rings (SSSR count). The quantitative estimate of drug-likeness (QED) is 0.758. The molecular formula is C19H18N4O. The lowest BCUT2D eigenvalue weighted by Crippen LogP contribution is -2.30. The summed E-state index contributed by atoms with van der Waals surface area (Å²) in [7, 11) is 0. The number of aromatic amines is 1. The average molecular weight is 318 g/mol. The van der Waals surface area contributed by atoms with E-state index in [0.717, 1.165) is 29.7 Å². The van der Waals surface area contributed by atoms with Crippen LogP contribution >= 0.6 is 0 Å². The molecule has 3 aromatic rings. The third kappa shape index (κ3) is 3.06. The van der Waals surface area contributed by atoms with Crippen LogP contribution in [0.1, 0.15) is 34.9 Å². The fourth-order valence-electron chi connectivity index (χ4n) is 2.88. The Balaban J connectivity index is 1.52. The second-order valence-corrected chi connectivity index (χ2v) is 6.11. The molecule has 5 nitrogen and oxygen atoms in total. The van der Waals surface area contributed by atoms with Crippen LogP contribution in [0.3, 0.4) is 0 Å². The van der Waals surface area contributed by atoms with Gasteiger partial charge in [-0.3, -0.25) is 14.9 Å². The van der Waals surface area contributed by atoms with Crippen molar-refractivity contribution in [3.63, 3.8) is 0 Å². The number of carbonyl (C=O) groups is 1. The lowest BCUT2D eigenvalue weighted by Gasteiger charge is -2.17. The van der Waals surface area contributed by atoms with Crippen molar-refractivity contribution in [2.24, 2.45) is 5.92 Å². The number of amides is 1. The second kappa shape index (κ2) is 6.28. The Morgan fingerprint density at radius 2 is 2.00 bits per heavy atom. The van der Waals surface area contributed by atoms with Crippen molar-refractivity contribution in [3.05, 3.63) is 72.2 Å². The lowest BCUT2D eigenvalue weighted by molar-refractivity contribution is 0.0926. The Morgan fingerprint density at radius 3 is 2.71 bits per heavy atom. The first kappa shape index (κ1) is 14.6. The number of pyridine rings is 1. The monoisotopic (exact) mass is 318 g/mol. The summed E-state index contributed by atoms with van der Waals surface area (Å²) in [5.74, 6) is 0.361. The minimum absolute atomic E-state index is 0.00896. The van der Waals surface area contributed by atoms with E-state index in [0.29, 0.717) is 11.6 Å². The summed E-state index contributed by atoms with van der Waals surface area (Å²) in [6.07, 6.45) is 5.85. The molecule has 1 unspecified atom stereocenters. The number of carbonyl (C=O) groups excluding carboxylic acids is 1. The molecule has 1 aromatic carbocycles. The van der Waals surface area contributed by atoms with Crippen LogP contribution in [0.15, 0.2) is 60.9 Å². The number of hydrogen-bond acceptors (Lipinski definition) is 3. The highest BCUT2D eigenvalue weighted by Gasteiger charge is 2.34. The van der Waals surface area contributed by atoms with Crippen LogP contribution in [0.5, 0.6) is 0 Å². The first-order valence-electron chi connectivity index (χ1n) is 8.13. The largest absolute Gasteiger partial charge is 0.344 e. The van der Waals surface area contributed by atoms with Gasteiger partial charge in [-0.2, -0.15) is 5.10 Å². The average Bonchev–Trinajstić information content (AvgIpc) is 3.36. The van der Waals surface area contributed by atoms with Crippen LogP contribution in [-0.2, 0) is 0 Å². The zero-order valence-corrected chi connectivity index (χ0v) is 13.1. The summed E-state index contributed by atoms with van der Waals surface area (Å²) in [5, 5.41) is 10.2. The van der Waals surface area contributed by atoms with Crippen molar-refractivity contribution in [2.45, 2.75) is 18.9 Å². The van der Waals surface area contributed by atoms with E-state index in [2.05, 4.69) is 20.5 Å². The van der Waals surface area contributed by atoms with Gasteiger partial charge in [-0.05, 0) is 36.5 Å². The van der Waals surface area contributed by atoms with Crippen molar-refractivity contribution in [1.29, 1.82) is 0 Å². The molecule has 5 heteroatoms. The van der Waals surface area contributed by atoms with E-state index in [1.54, 1.807) is 12.3 Å². The van der Waals surface area contributed by atoms with Gasteiger partial charge in [0.25, 0.3) is 5.91 Å². The third-order valence-corrected chi connectivity index (χ3v) is 4.32. The summed E-state index contributed by atoms with van der Waals surface area (Å²) < 4.78 is 0. The van der Waals surface area contributed by atoms with Crippen LogP contribution in [0.2, 0.25) is 0 Å². The summed E-state index contributed by atoms with van der Waals surface area (Å²) in [4.78, 5) is 16.8. The smallest absolute Gasteiger partial charge is 0.269 e.